The quantitative estimate of drug-likeness (QED) is 0.260. The molecule has 2 heterocycles. The normalized spacial score (nSPS) is 11.4. The monoisotopic (exact) mass is 528 g/mol. The first-order valence-electron chi connectivity index (χ1n) is 12.0. The lowest BCUT2D eigenvalue weighted by Crippen LogP contribution is -2.13. The molecule has 0 bridgehead atoms. The predicted octanol–water partition coefficient (Wildman–Crippen LogP) is 4.18. The van der Waals surface area contributed by atoms with Gasteiger partial charge in [-0.15, -0.1) is 0 Å². The molecule has 5 aromatic rings. The largest absolute Gasteiger partial charge is 0.355 e. The van der Waals surface area contributed by atoms with E-state index >= 15 is 0 Å². The molecule has 4 N–H and O–H groups in total. The molecule has 0 aliphatic carbocycles. The van der Waals surface area contributed by atoms with E-state index < -0.39 is 10.0 Å². The number of nitrogens with one attached hydrogen (secondary N) is 2. The molecule has 3 aromatic carbocycles. The number of sulfonamides is 1. The molecule has 0 atom stereocenters. The molecule has 0 amide bonds. The number of nitrogens with zero attached hydrogens (tertiary/aromatic N) is 5. The van der Waals surface area contributed by atoms with Crippen LogP contribution in [0.3, 0.4) is 0 Å². The van der Waals surface area contributed by atoms with Gasteiger partial charge in [0, 0.05) is 38.2 Å². The summed E-state index contributed by atoms with van der Waals surface area (Å²) in [5, 5.41) is 11.7. The highest BCUT2D eigenvalue weighted by molar-refractivity contribution is 7.89. The SMILES string of the molecule is CN(c1ccc2c(c1)nc(NCCc1ccccc1)n2C)c1ccnc(Nc2cccc(S(N)(=O)=O)c2)n1. The zero-order chi connectivity index (χ0) is 26.7. The number of aromatic nitrogens is 4. The third kappa shape index (κ3) is 5.58. The van der Waals surface area contributed by atoms with E-state index in [1.807, 2.05) is 60.0 Å². The summed E-state index contributed by atoms with van der Waals surface area (Å²) in [5.41, 5.74) is 4.58. The third-order valence-corrected chi connectivity index (χ3v) is 7.11. The molecule has 2 aromatic heterocycles. The van der Waals surface area contributed by atoms with Crippen LogP contribution < -0.4 is 20.7 Å². The Hall–Kier alpha value is -4.48. The predicted molar refractivity (Wildman–Crippen MR) is 151 cm³/mol. The summed E-state index contributed by atoms with van der Waals surface area (Å²) >= 11 is 0. The Labute approximate surface area is 221 Å². The van der Waals surface area contributed by atoms with Crippen molar-refractivity contribution < 1.29 is 8.42 Å². The van der Waals surface area contributed by atoms with Crippen LogP contribution in [0.25, 0.3) is 11.0 Å². The van der Waals surface area contributed by atoms with E-state index in [2.05, 4.69) is 32.7 Å². The lowest BCUT2D eigenvalue weighted by atomic mass is 10.1. The number of hydrogen-bond acceptors (Lipinski definition) is 8. The highest BCUT2D eigenvalue weighted by Gasteiger charge is 2.13. The molecular weight excluding hydrogens is 500 g/mol. The number of rotatable bonds is 9. The highest BCUT2D eigenvalue weighted by Crippen LogP contribution is 2.28. The number of nitrogens with two attached hydrogens (primary N) is 1. The second kappa shape index (κ2) is 10.5. The first-order chi connectivity index (χ1) is 18.3. The Morgan fingerprint density at radius 2 is 1.79 bits per heavy atom. The first kappa shape index (κ1) is 25.2. The van der Waals surface area contributed by atoms with Gasteiger partial charge in [0.15, 0.2) is 0 Å². The molecule has 0 unspecified atom stereocenters. The molecule has 0 spiro atoms. The van der Waals surface area contributed by atoms with E-state index in [0.29, 0.717) is 17.5 Å². The van der Waals surface area contributed by atoms with Gasteiger partial charge in [0.25, 0.3) is 0 Å². The summed E-state index contributed by atoms with van der Waals surface area (Å²) < 4.78 is 25.4. The molecule has 10 nitrogen and oxygen atoms in total. The Balaban J connectivity index is 1.32. The van der Waals surface area contributed by atoms with E-state index in [1.165, 1.54) is 17.7 Å². The third-order valence-electron chi connectivity index (χ3n) is 6.19. The Morgan fingerprint density at radius 3 is 2.58 bits per heavy atom. The van der Waals surface area contributed by atoms with Crippen LogP contribution in [0.4, 0.5) is 29.1 Å². The smallest absolute Gasteiger partial charge is 0.238 e. The minimum Gasteiger partial charge on any atom is -0.355 e. The fourth-order valence-corrected chi connectivity index (χ4v) is 4.69. The minimum atomic E-state index is -3.81. The molecule has 0 saturated carbocycles. The highest BCUT2D eigenvalue weighted by atomic mass is 32.2. The Kier molecular flexibility index (Phi) is 6.95. The molecule has 0 aliphatic heterocycles. The number of anilines is 5. The minimum absolute atomic E-state index is 0.00774. The van der Waals surface area contributed by atoms with Crippen LogP contribution >= 0.6 is 0 Å². The van der Waals surface area contributed by atoms with Gasteiger partial charge in [-0.25, -0.2) is 23.5 Å². The van der Waals surface area contributed by atoms with Gasteiger partial charge in [-0.3, -0.25) is 0 Å². The van der Waals surface area contributed by atoms with Gasteiger partial charge in [-0.1, -0.05) is 36.4 Å². The molecular formula is C27H28N8O2S. The van der Waals surface area contributed by atoms with Crippen molar-refractivity contribution in [2.45, 2.75) is 11.3 Å². The van der Waals surface area contributed by atoms with E-state index in [0.717, 1.165) is 35.6 Å². The van der Waals surface area contributed by atoms with Crippen molar-refractivity contribution in [3.63, 3.8) is 0 Å². The maximum Gasteiger partial charge on any atom is 0.238 e. The second-order valence-corrected chi connectivity index (χ2v) is 10.4. The van der Waals surface area contributed by atoms with Gasteiger partial charge in [0.05, 0.1) is 15.9 Å². The lowest BCUT2D eigenvalue weighted by Gasteiger charge is -2.19. The molecule has 38 heavy (non-hydrogen) atoms. The maximum absolute atomic E-state index is 11.7. The van der Waals surface area contributed by atoms with Gasteiger partial charge < -0.3 is 20.1 Å². The fourth-order valence-electron chi connectivity index (χ4n) is 4.13. The number of benzene rings is 3. The zero-order valence-corrected chi connectivity index (χ0v) is 21.9. The van der Waals surface area contributed by atoms with Crippen LogP contribution in [0.5, 0.6) is 0 Å². The van der Waals surface area contributed by atoms with Crippen molar-refractivity contribution >= 4 is 50.1 Å². The first-order valence-corrected chi connectivity index (χ1v) is 13.5. The van der Waals surface area contributed by atoms with Crippen LogP contribution in [-0.4, -0.2) is 41.5 Å². The molecule has 5 rings (SSSR count). The molecule has 0 fully saturated rings. The number of hydrogen-bond donors (Lipinski definition) is 3. The lowest BCUT2D eigenvalue weighted by molar-refractivity contribution is 0.598. The summed E-state index contributed by atoms with van der Waals surface area (Å²) in [6.07, 6.45) is 2.55. The number of primary sulfonamides is 1. The topological polar surface area (TPSA) is 131 Å². The molecule has 11 heteroatoms. The van der Waals surface area contributed by atoms with Gasteiger partial charge in [-0.2, -0.15) is 4.98 Å². The van der Waals surface area contributed by atoms with Gasteiger partial charge in [-0.05, 0) is 54.4 Å². The van der Waals surface area contributed by atoms with E-state index in [-0.39, 0.29) is 4.90 Å². The molecule has 0 saturated heterocycles. The number of imidazole rings is 1. The van der Waals surface area contributed by atoms with Crippen molar-refractivity contribution in [3.05, 3.63) is 90.6 Å². The van der Waals surface area contributed by atoms with Crippen molar-refractivity contribution in [1.82, 2.24) is 19.5 Å². The van der Waals surface area contributed by atoms with Crippen LogP contribution in [0, 0.1) is 0 Å². The van der Waals surface area contributed by atoms with Gasteiger partial charge >= 0.3 is 0 Å². The van der Waals surface area contributed by atoms with E-state index in [9.17, 15) is 8.42 Å². The van der Waals surface area contributed by atoms with Crippen molar-refractivity contribution in [3.8, 4) is 0 Å². The summed E-state index contributed by atoms with van der Waals surface area (Å²) in [6.45, 7) is 0.783. The van der Waals surface area contributed by atoms with Gasteiger partial charge in [0.1, 0.15) is 5.82 Å². The number of aryl methyl sites for hydroxylation is 1. The Morgan fingerprint density at radius 1 is 0.974 bits per heavy atom. The summed E-state index contributed by atoms with van der Waals surface area (Å²) in [5.74, 6) is 1.79. The average Bonchev–Trinajstić information content (AvgIpc) is 3.23. The molecule has 194 valence electrons. The van der Waals surface area contributed by atoms with Crippen LogP contribution in [-0.2, 0) is 23.5 Å². The van der Waals surface area contributed by atoms with E-state index in [4.69, 9.17) is 10.1 Å². The maximum atomic E-state index is 11.7. The average molecular weight is 529 g/mol. The van der Waals surface area contributed by atoms with E-state index in [1.54, 1.807) is 24.4 Å². The van der Waals surface area contributed by atoms with Crippen molar-refractivity contribution in [2.75, 3.05) is 29.1 Å². The summed E-state index contributed by atoms with van der Waals surface area (Å²) in [7, 11) is 0.0964. The molecule has 0 aliphatic rings. The number of fused-ring (bicyclic) bond motifs is 1. The van der Waals surface area contributed by atoms with Crippen LogP contribution in [0.1, 0.15) is 5.56 Å². The summed E-state index contributed by atoms with van der Waals surface area (Å²) in [6, 6.07) is 24.4. The van der Waals surface area contributed by atoms with Crippen LogP contribution in [0.2, 0.25) is 0 Å². The van der Waals surface area contributed by atoms with Crippen molar-refractivity contribution in [2.24, 2.45) is 12.2 Å². The summed E-state index contributed by atoms with van der Waals surface area (Å²) in [4.78, 5) is 15.6. The standard InChI is InChI=1S/C27H28N8O2S/c1-34(25-14-16-29-26(33-25)31-20-9-6-10-22(17-20)38(28,36)37)21-11-12-24-23(18-21)32-27(35(24)2)30-15-13-19-7-4-3-5-8-19/h3-12,14,16-18H,13,15H2,1-2H3,(H,30,32)(H2,28,36,37)(H,29,31,33). The molecule has 0 radical (unpaired) electrons. The van der Waals surface area contributed by atoms with Gasteiger partial charge in [0.2, 0.25) is 21.9 Å². The van der Waals surface area contributed by atoms with Crippen LogP contribution in [0.15, 0.2) is 90.0 Å². The fraction of sp³-hybridized carbons (Fsp3) is 0.148. The second-order valence-electron chi connectivity index (χ2n) is 8.83. The Bertz CT molecular complexity index is 1690. The van der Waals surface area contributed by atoms with Crippen molar-refractivity contribution in [1.29, 1.82) is 0 Å². The zero-order valence-electron chi connectivity index (χ0n) is 21.0.